The molecule has 0 fully saturated rings. The number of para-hydroxylation sites is 2. The van der Waals surface area contributed by atoms with Gasteiger partial charge >= 0.3 is 0 Å². The predicted molar refractivity (Wildman–Crippen MR) is 99.2 cm³/mol. The molecule has 8 heteroatoms. The second-order valence-corrected chi connectivity index (χ2v) is 6.34. The number of halogens is 1. The minimum absolute atomic E-state index is 0.0895. The number of fused-ring (bicyclic) bond motifs is 1. The first kappa shape index (κ1) is 17.9. The lowest BCUT2D eigenvalue weighted by atomic mass is 10.2. The first-order valence-corrected chi connectivity index (χ1v) is 8.65. The highest BCUT2D eigenvalue weighted by Gasteiger charge is 2.27. The molecule has 2 N–H and O–H groups in total. The second kappa shape index (κ2) is 8.48. The summed E-state index contributed by atoms with van der Waals surface area (Å²) in [6.07, 6.45) is 0.713. The van der Waals surface area contributed by atoms with Crippen LogP contribution in [0.5, 0.6) is 11.5 Å². The fraction of sp³-hybridized carbons (Fsp3) is 0.167. The second-order valence-electron chi connectivity index (χ2n) is 5.43. The normalized spacial score (nSPS) is 15.5. The third-order valence-corrected chi connectivity index (χ3v) is 4.03. The molecule has 1 atom stereocenters. The molecule has 2 aromatic rings. The van der Waals surface area contributed by atoms with Crippen molar-refractivity contribution in [2.75, 3.05) is 13.2 Å². The molecule has 0 saturated carbocycles. The summed E-state index contributed by atoms with van der Waals surface area (Å²) in [4.78, 5) is 23.9. The topological polar surface area (TPSA) is 89.0 Å². The van der Waals surface area contributed by atoms with Gasteiger partial charge in [-0.1, -0.05) is 40.2 Å². The molecule has 0 radical (unpaired) electrons. The van der Waals surface area contributed by atoms with Crippen LogP contribution in [0.25, 0.3) is 0 Å². The van der Waals surface area contributed by atoms with Crippen LogP contribution in [-0.2, 0) is 9.59 Å². The zero-order valence-corrected chi connectivity index (χ0v) is 15.2. The number of nitrogens with one attached hydrogen (secondary N) is 2. The highest BCUT2D eigenvalue weighted by atomic mass is 79.9. The predicted octanol–water partition coefficient (Wildman–Crippen LogP) is 1.86. The van der Waals surface area contributed by atoms with Gasteiger partial charge in [-0.15, -0.1) is 0 Å². The maximum Gasteiger partial charge on any atom is 0.265 e. The van der Waals surface area contributed by atoms with Crippen LogP contribution in [0.1, 0.15) is 5.56 Å². The molecule has 1 heterocycles. The lowest BCUT2D eigenvalue weighted by Crippen LogP contribution is -2.46. The van der Waals surface area contributed by atoms with E-state index >= 15 is 0 Å². The van der Waals surface area contributed by atoms with E-state index in [1.165, 1.54) is 6.21 Å². The molecule has 0 spiro atoms. The van der Waals surface area contributed by atoms with Crippen molar-refractivity contribution < 1.29 is 19.1 Å². The van der Waals surface area contributed by atoms with Crippen LogP contribution in [0.3, 0.4) is 0 Å². The molecule has 0 aromatic heterocycles. The van der Waals surface area contributed by atoms with Crippen molar-refractivity contribution >= 4 is 34.0 Å². The van der Waals surface area contributed by atoms with Crippen LogP contribution in [0.4, 0.5) is 0 Å². The maximum atomic E-state index is 12.1. The number of rotatable bonds is 5. The van der Waals surface area contributed by atoms with Crippen molar-refractivity contribution in [2.45, 2.75) is 6.10 Å². The molecule has 7 nitrogen and oxygen atoms in total. The summed E-state index contributed by atoms with van der Waals surface area (Å²) in [5.41, 5.74) is 3.19. The molecule has 1 aliphatic rings. The first-order chi connectivity index (χ1) is 12.6. The Kier molecular flexibility index (Phi) is 5.85. The van der Waals surface area contributed by atoms with Gasteiger partial charge in [-0.25, -0.2) is 5.43 Å². The van der Waals surface area contributed by atoms with Crippen LogP contribution < -0.4 is 20.2 Å². The number of hydrogen-bond acceptors (Lipinski definition) is 5. The Morgan fingerprint density at radius 2 is 1.88 bits per heavy atom. The van der Waals surface area contributed by atoms with Gasteiger partial charge in [0.05, 0.1) is 12.8 Å². The van der Waals surface area contributed by atoms with E-state index in [0.717, 1.165) is 10.0 Å². The molecule has 0 aliphatic carbocycles. The Morgan fingerprint density at radius 1 is 1.15 bits per heavy atom. The summed E-state index contributed by atoms with van der Waals surface area (Å²) in [5.74, 6) is 0.231. The molecular formula is C18H16BrN3O4. The van der Waals surface area contributed by atoms with Gasteiger partial charge in [-0.3, -0.25) is 9.59 Å². The zero-order chi connectivity index (χ0) is 18.4. The summed E-state index contributed by atoms with van der Waals surface area (Å²) in [6.45, 7) is -0.121. The van der Waals surface area contributed by atoms with Crippen molar-refractivity contribution in [3.8, 4) is 11.5 Å². The van der Waals surface area contributed by atoms with Crippen LogP contribution in [-0.4, -0.2) is 37.3 Å². The van der Waals surface area contributed by atoms with Crippen LogP contribution in [0.15, 0.2) is 58.1 Å². The minimum Gasteiger partial charge on any atom is -0.485 e. The molecule has 0 saturated heterocycles. The van der Waals surface area contributed by atoms with Crippen LogP contribution in [0.2, 0.25) is 0 Å². The van der Waals surface area contributed by atoms with Crippen LogP contribution in [0, 0.1) is 0 Å². The van der Waals surface area contributed by atoms with E-state index in [2.05, 4.69) is 31.8 Å². The number of hydrazone groups is 1. The maximum absolute atomic E-state index is 12.1. The SMILES string of the molecule is O=C(CNC(=O)C1COc2ccccc2O1)N/N=C/c1ccc(Br)cc1. The molecule has 26 heavy (non-hydrogen) atoms. The van der Waals surface area contributed by atoms with Crippen molar-refractivity contribution in [1.82, 2.24) is 10.7 Å². The molecule has 1 aliphatic heterocycles. The smallest absolute Gasteiger partial charge is 0.265 e. The number of carbonyl (C=O) groups is 2. The third kappa shape index (κ3) is 4.82. The number of amides is 2. The van der Waals surface area contributed by atoms with Crippen LogP contribution >= 0.6 is 15.9 Å². The largest absolute Gasteiger partial charge is 0.485 e. The van der Waals surface area contributed by atoms with Gasteiger partial charge in [-0.2, -0.15) is 5.10 Å². The lowest BCUT2D eigenvalue weighted by molar-refractivity contribution is -0.132. The highest BCUT2D eigenvalue weighted by Crippen LogP contribution is 2.30. The van der Waals surface area contributed by atoms with E-state index in [1.54, 1.807) is 18.2 Å². The van der Waals surface area contributed by atoms with E-state index < -0.39 is 17.9 Å². The summed E-state index contributed by atoms with van der Waals surface area (Å²) in [7, 11) is 0. The van der Waals surface area contributed by atoms with E-state index in [-0.39, 0.29) is 13.2 Å². The van der Waals surface area contributed by atoms with Gasteiger partial charge in [0.2, 0.25) is 6.10 Å². The van der Waals surface area contributed by atoms with Gasteiger partial charge in [0.15, 0.2) is 11.5 Å². The van der Waals surface area contributed by atoms with Crippen molar-refractivity contribution in [3.05, 3.63) is 58.6 Å². The number of benzene rings is 2. The fourth-order valence-corrected chi connectivity index (χ4v) is 2.46. The Labute approximate surface area is 158 Å². The number of carbonyl (C=O) groups excluding carboxylic acids is 2. The summed E-state index contributed by atoms with van der Waals surface area (Å²) < 4.78 is 12.0. The Balaban J connectivity index is 1.43. The Hall–Kier alpha value is -2.87. The van der Waals surface area contributed by atoms with Gasteiger partial charge in [0.25, 0.3) is 11.8 Å². The summed E-state index contributed by atoms with van der Waals surface area (Å²) in [6, 6.07) is 14.5. The van der Waals surface area contributed by atoms with E-state index in [0.29, 0.717) is 11.5 Å². The zero-order valence-electron chi connectivity index (χ0n) is 13.6. The molecule has 2 amide bonds. The van der Waals surface area contributed by atoms with Crippen molar-refractivity contribution in [2.24, 2.45) is 5.10 Å². The highest BCUT2D eigenvalue weighted by molar-refractivity contribution is 9.10. The average molecular weight is 418 g/mol. The third-order valence-electron chi connectivity index (χ3n) is 3.50. The molecule has 0 bridgehead atoms. The quantitative estimate of drug-likeness (QED) is 0.573. The minimum atomic E-state index is -0.802. The average Bonchev–Trinajstić information content (AvgIpc) is 2.67. The molecular weight excluding hydrogens is 402 g/mol. The van der Waals surface area contributed by atoms with Gasteiger partial charge in [0.1, 0.15) is 6.61 Å². The monoisotopic (exact) mass is 417 g/mol. The van der Waals surface area contributed by atoms with E-state index in [1.807, 2.05) is 30.3 Å². The number of hydrogen-bond donors (Lipinski definition) is 2. The summed E-state index contributed by atoms with van der Waals surface area (Å²) >= 11 is 3.34. The van der Waals surface area contributed by atoms with E-state index in [4.69, 9.17) is 9.47 Å². The fourth-order valence-electron chi connectivity index (χ4n) is 2.20. The van der Waals surface area contributed by atoms with E-state index in [9.17, 15) is 9.59 Å². The van der Waals surface area contributed by atoms with Gasteiger partial charge in [0, 0.05) is 4.47 Å². The Bertz CT molecular complexity index is 823. The Morgan fingerprint density at radius 3 is 2.65 bits per heavy atom. The van der Waals surface area contributed by atoms with Gasteiger partial charge < -0.3 is 14.8 Å². The standard InChI is InChI=1S/C18H16BrN3O4/c19-13-7-5-12(6-8-13)9-21-22-17(23)10-20-18(24)16-11-25-14-3-1-2-4-15(14)26-16/h1-9,16H,10-11H2,(H,20,24)(H,22,23)/b21-9+. The summed E-state index contributed by atoms with van der Waals surface area (Å²) in [5, 5.41) is 6.35. The number of ether oxygens (including phenoxy) is 2. The molecule has 3 rings (SSSR count). The van der Waals surface area contributed by atoms with Gasteiger partial charge in [-0.05, 0) is 29.8 Å². The van der Waals surface area contributed by atoms with Crippen molar-refractivity contribution in [1.29, 1.82) is 0 Å². The molecule has 1 unspecified atom stereocenters. The molecule has 2 aromatic carbocycles. The number of nitrogens with zero attached hydrogens (tertiary/aromatic N) is 1. The molecule has 134 valence electrons. The lowest BCUT2D eigenvalue weighted by Gasteiger charge is -2.25. The first-order valence-electron chi connectivity index (χ1n) is 7.85. The van der Waals surface area contributed by atoms with Crippen molar-refractivity contribution in [3.63, 3.8) is 0 Å².